The van der Waals surface area contributed by atoms with E-state index >= 15 is 0 Å². The van der Waals surface area contributed by atoms with E-state index in [4.69, 9.17) is 11.6 Å². The minimum atomic E-state index is -0.490. The number of urea groups is 1. The molecule has 0 aliphatic heterocycles. The normalized spacial score (nSPS) is 15.9. The average Bonchev–Trinajstić information content (AvgIpc) is 2.76. The van der Waals surface area contributed by atoms with Gasteiger partial charge in [-0.05, 0) is 31.0 Å². The van der Waals surface area contributed by atoms with Crippen LogP contribution in [-0.2, 0) is 0 Å². The minimum absolute atomic E-state index is 0.105. The second-order valence-electron chi connectivity index (χ2n) is 4.20. The van der Waals surface area contributed by atoms with Gasteiger partial charge in [0.25, 0.3) is 0 Å². The zero-order valence-corrected chi connectivity index (χ0v) is 10.1. The van der Waals surface area contributed by atoms with Crippen molar-refractivity contribution >= 4 is 23.3 Å². The summed E-state index contributed by atoms with van der Waals surface area (Å²) in [6.07, 6.45) is 4.25. The van der Waals surface area contributed by atoms with E-state index in [2.05, 4.69) is 10.6 Å². The van der Waals surface area contributed by atoms with E-state index in [0.29, 0.717) is 5.02 Å². The van der Waals surface area contributed by atoms with Gasteiger partial charge in [-0.25, -0.2) is 9.18 Å². The van der Waals surface area contributed by atoms with Crippen LogP contribution in [0.25, 0.3) is 0 Å². The Balaban J connectivity index is 1.95. The third kappa shape index (κ3) is 3.33. The van der Waals surface area contributed by atoms with Gasteiger partial charge in [-0.1, -0.05) is 24.4 Å². The van der Waals surface area contributed by atoms with Gasteiger partial charge in [0.1, 0.15) is 5.82 Å². The summed E-state index contributed by atoms with van der Waals surface area (Å²) < 4.78 is 13.3. The number of hydrogen-bond acceptors (Lipinski definition) is 1. The molecule has 1 aliphatic rings. The standard InChI is InChI=1S/C12H14ClFN2O/c13-8-5-6-10(14)11(7-8)16-12(17)15-9-3-1-2-4-9/h5-7,9H,1-4H2,(H2,15,16,17). The Morgan fingerprint density at radius 3 is 2.76 bits per heavy atom. The van der Waals surface area contributed by atoms with Crippen molar-refractivity contribution in [3.8, 4) is 0 Å². The molecule has 2 rings (SSSR count). The third-order valence-electron chi connectivity index (χ3n) is 2.87. The van der Waals surface area contributed by atoms with E-state index in [1.165, 1.54) is 18.2 Å². The molecule has 0 spiro atoms. The van der Waals surface area contributed by atoms with Crippen molar-refractivity contribution < 1.29 is 9.18 Å². The minimum Gasteiger partial charge on any atom is -0.335 e. The molecule has 1 aromatic rings. The summed E-state index contributed by atoms with van der Waals surface area (Å²) in [5.74, 6) is -0.490. The molecule has 0 unspecified atom stereocenters. The van der Waals surface area contributed by atoms with E-state index in [-0.39, 0.29) is 17.8 Å². The second-order valence-corrected chi connectivity index (χ2v) is 4.64. The molecule has 5 heteroatoms. The van der Waals surface area contributed by atoms with Crippen LogP contribution < -0.4 is 10.6 Å². The largest absolute Gasteiger partial charge is 0.335 e. The lowest BCUT2D eigenvalue weighted by molar-refractivity contribution is 0.248. The first-order valence-electron chi connectivity index (χ1n) is 5.68. The Bertz CT molecular complexity index is 419. The highest BCUT2D eigenvalue weighted by molar-refractivity contribution is 6.30. The van der Waals surface area contributed by atoms with Crippen molar-refractivity contribution in [1.29, 1.82) is 0 Å². The van der Waals surface area contributed by atoms with Gasteiger partial charge in [0, 0.05) is 11.1 Å². The number of halogens is 2. The van der Waals surface area contributed by atoms with Crippen molar-refractivity contribution in [3.05, 3.63) is 29.0 Å². The highest BCUT2D eigenvalue weighted by Gasteiger charge is 2.17. The van der Waals surface area contributed by atoms with Crippen LogP contribution in [0.15, 0.2) is 18.2 Å². The highest BCUT2D eigenvalue weighted by Crippen LogP contribution is 2.20. The summed E-state index contributed by atoms with van der Waals surface area (Å²) in [5.41, 5.74) is 0.105. The predicted molar refractivity (Wildman–Crippen MR) is 65.8 cm³/mol. The summed E-state index contributed by atoms with van der Waals surface area (Å²) in [5, 5.41) is 5.67. The lowest BCUT2D eigenvalue weighted by Crippen LogP contribution is -2.36. The quantitative estimate of drug-likeness (QED) is 0.835. The number of hydrogen-bond donors (Lipinski definition) is 2. The van der Waals surface area contributed by atoms with Gasteiger partial charge in [0.15, 0.2) is 0 Å². The molecule has 0 atom stereocenters. The molecule has 3 nitrogen and oxygen atoms in total. The number of anilines is 1. The molecule has 0 saturated heterocycles. The van der Waals surface area contributed by atoms with Crippen LogP contribution in [0.3, 0.4) is 0 Å². The van der Waals surface area contributed by atoms with Crippen LogP contribution in [0.5, 0.6) is 0 Å². The smallest absolute Gasteiger partial charge is 0.319 e. The maximum absolute atomic E-state index is 13.3. The summed E-state index contributed by atoms with van der Waals surface area (Å²) in [6, 6.07) is 3.89. The molecule has 1 saturated carbocycles. The zero-order chi connectivity index (χ0) is 12.3. The highest BCUT2D eigenvalue weighted by atomic mass is 35.5. The second kappa shape index (κ2) is 5.36. The molecule has 2 N–H and O–H groups in total. The van der Waals surface area contributed by atoms with Crippen LogP contribution in [-0.4, -0.2) is 12.1 Å². The lowest BCUT2D eigenvalue weighted by Gasteiger charge is -2.13. The first-order valence-corrected chi connectivity index (χ1v) is 6.05. The van der Waals surface area contributed by atoms with Gasteiger partial charge < -0.3 is 10.6 Å². The molecular formula is C12H14ClFN2O. The van der Waals surface area contributed by atoms with Crippen molar-refractivity contribution in [2.24, 2.45) is 0 Å². The number of carbonyl (C=O) groups is 1. The molecular weight excluding hydrogens is 243 g/mol. The first-order chi connectivity index (χ1) is 8.15. The van der Waals surface area contributed by atoms with E-state index in [1.54, 1.807) is 0 Å². The fourth-order valence-corrected chi connectivity index (χ4v) is 2.18. The SMILES string of the molecule is O=C(Nc1cc(Cl)ccc1F)NC1CCCC1. The summed E-state index contributed by atoms with van der Waals surface area (Å²) in [6.45, 7) is 0. The van der Waals surface area contributed by atoms with E-state index in [1.807, 2.05) is 0 Å². The van der Waals surface area contributed by atoms with Gasteiger partial charge in [-0.2, -0.15) is 0 Å². The number of benzene rings is 1. The monoisotopic (exact) mass is 256 g/mol. The fourth-order valence-electron chi connectivity index (χ4n) is 2.01. The van der Waals surface area contributed by atoms with Gasteiger partial charge in [-0.3, -0.25) is 0 Å². The molecule has 0 aromatic heterocycles. The maximum atomic E-state index is 13.3. The summed E-state index contributed by atoms with van der Waals surface area (Å²) >= 11 is 5.73. The molecule has 92 valence electrons. The van der Waals surface area contributed by atoms with Crippen LogP contribution in [0.2, 0.25) is 5.02 Å². The van der Waals surface area contributed by atoms with Crippen LogP contribution in [0.4, 0.5) is 14.9 Å². The Morgan fingerprint density at radius 1 is 1.35 bits per heavy atom. The average molecular weight is 257 g/mol. The van der Waals surface area contributed by atoms with Gasteiger partial charge in [0.05, 0.1) is 5.69 Å². The molecule has 0 heterocycles. The molecule has 2 amide bonds. The number of nitrogens with one attached hydrogen (secondary N) is 2. The van der Waals surface area contributed by atoms with Crippen molar-refractivity contribution in [2.75, 3.05) is 5.32 Å². The van der Waals surface area contributed by atoms with E-state index in [0.717, 1.165) is 25.7 Å². The van der Waals surface area contributed by atoms with Crippen LogP contribution in [0, 0.1) is 5.82 Å². The number of carbonyl (C=O) groups excluding carboxylic acids is 1. The predicted octanol–water partition coefficient (Wildman–Crippen LogP) is 3.54. The van der Waals surface area contributed by atoms with Gasteiger partial charge in [-0.15, -0.1) is 0 Å². The number of rotatable bonds is 2. The topological polar surface area (TPSA) is 41.1 Å². The van der Waals surface area contributed by atoms with Crippen molar-refractivity contribution in [3.63, 3.8) is 0 Å². The molecule has 17 heavy (non-hydrogen) atoms. The number of amides is 2. The molecule has 0 radical (unpaired) electrons. The fraction of sp³-hybridized carbons (Fsp3) is 0.417. The van der Waals surface area contributed by atoms with E-state index in [9.17, 15) is 9.18 Å². The van der Waals surface area contributed by atoms with Gasteiger partial charge in [0.2, 0.25) is 0 Å². The Morgan fingerprint density at radius 2 is 2.06 bits per heavy atom. The third-order valence-corrected chi connectivity index (χ3v) is 3.10. The van der Waals surface area contributed by atoms with Crippen LogP contribution >= 0.6 is 11.6 Å². The molecule has 0 bridgehead atoms. The van der Waals surface area contributed by atoms with Crippen LogP contribution in [0.1, 0.15) is 25.7 Å². The molecule has 1 aliphatic carbocycles. The summed E-state index contributed by atoms with van der Waals surface area (Å²) in [7, 11) is 0. The van der Waals surface area contributed by atoms with Gasteiger partial charge >= 0.3 is 6.03 Å². The first kappa shape index (κ1) is 12.2. The van der Waals surface area contributed by atoms with Crippen molar-refractivity contribution in [2.45, 2.75) is 31.7 Å². The maximum Gasteiger partial charge on any atom is 0.319 e. The lowest BCUT2D eigenvalue weighted by atomic mass is 10.2. The summed E-state index contributed by atoms with van der Waals surface area (Å²) in [4.78, 5) is 11.6. The van der Waals surface area contributed by atoms with E-state index < -0.39 is 5.82 Å². The molecule has 1 fully saturated rings. The Hall–Kier alpha value is -1.29. The molecule has 1 aromatic carbocycles. The van der Waals surface area contributed by atoms with Crippen molar-refractivity contribution in [1.82, 2.24) is 5.32 Å². The Kier molecular flexibility index (Phi) is 3.84. The zero-order valence-electron chi connectivity index (χ0n) is 9.30. The Labute approximate surface area is 104 Å².